The number of nitrogens with one attached hydrogen (secondary N) is 1. The van der Waals surface area contributed by atoms with Gasteiger partial charge in [-0.25, -0.2) is 8.42 Å². The monoisotopic (exact) mass is 347 g/mol. The third kappa shape index (κ3) is 4.85. The molecule has 0 unspecified atom stereocenters. The van der Waals surface area contributed by atoms with Crippen molar-refractivity contribution in [2.75, 3.05) is 12.8 Å². The molecule has 0 aromatic heterocycles. The van der Waals surface area contributed by atoms with Crippen LogP contribution < -0.4 is 5.32 Å². The molecule has 23 heavy (non-hydrogen) atoms. The first-order valence-corrected chi connectivity index (χ1v) is 8.96. The van der Waals surface area contributed by atoms with Crippen LogP contribution in [0.4, 0.5) is 0 Å². The second-order valence-electron chi connectivity index (χ2n) is 4.77. The Labute approximate surface area is 140 Å². The SMILES string of the molecule is CS(=O)(=O)c1cc(C(=O)NCC#Cc2ccccc2)ccc1Cl. The molecule has 0 heterocycles. The van der Waals surface area contributed by atoms with Crippen molar-refractivity contribution in [2.45, 2.75) is 4.90 Å². The van der Waals surface area contributed by atoms with Crippen LogP contribution in [-0.2, 0) is 9.84 Å². The van der Waals surface area contributed by atoms with E-state index in [4.69, 9.17) is 11.6 Å². The van der Waals surface area contributed by atoms with Crippen LogP contribution in [0.15, 0.2) is 53.4 Å². The molecule has 0 aliphatic carbocycles. The summed E-state index contributed by atoms with van der Waals surface area (Å²) in [7, 11) is -3.49. The Morgan fingerprint density at radius 2 is 1.87 bits per heavy atom. The largest absolute Gasteiger partial charge is 0.341 e. The van der Waals surface area contributed by atoms with E-state index in [2.05, 4.69) is 17.2 Å². The van der Waals surface area contributed by atoms with Crippen molar-refractivity contribution >= 4 is 27.3 Å². The van der Waals surface area contributed by atoms with E-state index in [-0.39, 0.29) is 22.0 Å². The first-order chi connectivity index (χ1) is 10.9. The minimum atomic E-state index is -3.49. The Morgan fingerprint density at radius 1 is 1.17 bits per heavy atom. The van der Waals surface area contributed by atoms with Crippen LogP contribution in [0.5, 0.6) is 0 Å². The zero-order chi connectivity index (χ0) is 16.9. The van der Waals surface area contributed by atoms with Crippen molar-refractivity contribution in [3.63, 3.8) is 0 Å². The van der Waals surface area contributed by atoms with Crippen molar-refractivity contribution < 1.29 is 13.2 Å². The predicted molar refractivity (Wildman–Crippen MR) is 90.2 cm³/mol. The number of rotatable bonds is 3. The van der Waals surface area contributed by atoms with Gasteiger partial charge in [-0.1, -0.05) is 41.6 Å². The van der Waals surface area contributed by atoms with Crippen LogP contribution in [0.1, 0.15) is 15.9 Å². The molecule has 0 atom stereocenters. The molecule has 2 aromatic rings. The minimum Gasteiger partial charge on any atom is -0.341 e. The molecule has 6 heteroatoms. The van der Waals surface area contributed by atoms with Gasteiger partial charge >= 0.3 is 0 Å². The summed E-state index contributed by atoms with van der Waals surface area (Å²) < 4.78 is 23.2. The molecule has 0 fully saturated rings. The minimum absolute atomic E-state index is 0.0674. The average Bonchev–Trinajstić information content (AvgIpc) is 2.51. The lowest BCUT2D eigenvalue weighted by atomic mass is 10.2. The van der Waals surface area contributed by atoms with Gasteiger partial charge in [-0.2, -0.15) is 0 Å². The van der Waals surface area contributed by atoms with E-state index in [0.717, 1.165) is 11.8 Å². The van der Waals surface area contributed by atoms with E-state index in [1.165, 1.54) is 18.2 Å². The molecule has 0 radical (unpaired) electrons. The first kappa shape index (κ1) is 17.1. The Hall–Kier alpha value is -2.29. The molecule has 4 nitrogen and oxygen atoms in total. The normalized spacial score (nSPS) is 10.5. The molecule has 1 N–H and O–H groups in total. The molecule has 0 spiro atoms. The van der Waals surface area contributed by atoms with Gasteiger partial charge in [0.1, 0.15) is 0 Å². The third-order valence-corrected chi connectivity index (χ3v) is 4.52. The molecule has 0 aliphatic rings. The quantitative estimate of drug-likeness (QED) is 0.868. The molecule has 0 saturated carbocycles. The summed E-state index contributed by atoms with van der Waals surface area (Å²) in [5.41, 5.74) is 1.07. The summed E-state index contributed by atoms with van der Waals surface area (Å²) in [4.78, 5) is 12.0. The average molecular weight is 348 g/mol. The summed E-state index contributed by atoms with van der Waals surface area (Å²) in [6.07, 6.45) is 1.04. The van der Waals surface area contributed by atoms with Crippen molar-refractivity contribution in [1.29, 1.82) is 0 Å². The van der Waals surface area contributed by atoms with Crippen molar-refractivity contribution in [2.24, 2.45) is 0 Å². The number of halogens is 1. The first-order valence-electron chi connectivity index (χ1n) is 6.69. The Morgan fingerprint density at radius 3 is 2.52 bits per heavy atom. The number of sulfone groups is 1. The van der Waals surface area contributed by atoms with Gasteiger partial charge in [-0.05, 0) is 30.3 Å². The van der Waals surface area contributed by atoms with E-state index < -0.39 is 15.7 Å². The highest BCUT2D eigenvalue weighted by molar-refractivity contribution is 7.90. The zero-order valence-corrected chi connectivity index (χ0v) is 13.9. The van der Waals surface area contributed by atoms with Crippen molar-refractivity contribution in [1.82, 2.24) is 5.32 Å². The molecule has 1 amide bonds. The van der Waals surface area contributed by atoms with Crippen LogP contribution in [0, 0.1) is 11.8 Å². The number of benzene rings is 2. The molecule has 2 aromatic carbocycles. The van der Waals surface area contributed by atoms with Crippen molar-refractivity contribution in [3.05, 3.63) is 64.7 Å². The highest BCUT2D eigenvalue weighted by atomic mass is 35.5. The van der Waals surface area contributed by atoms with Crippen LogP contribution in [0.2, 0.25) is 5.02 Å². The molecular weight excluding hydrogens is 334 g/mol. The summed E-state index contributed by atoms with van der Waals surface area (Å²) >= 11 is 5.85. The molecule has 0 aliphatic heterocycles. The van der Waals surface area contributed by atoms with Gasteiger partial charge < -0.3 is 5.32 Å². The maximum absolute atomic E-state index is 12.0. The van der Waals surface area contributed by atoms with E-state index in [0.29, 0.717) is 0 Å². The van der Waals surface area contributed by atoms with E-state index in [1.807, 2.05) is 30.3 Å². The maximum atomic E-state index is 12.0. The van der Waals surface area contributed by atoms with Gasteiger partial charge in [-0.15, -0.1) is 0 Å². The smallest absolute Gasteiger partial charge is 0.252 e. The molecule has 0 saturated heterocycles. The van der Waals surface area contributed by atoms with E-state index in [1.54, 1.807) is 0 Å². The molecule has 2 rings (SSSR count). The lowest BCUT2D eigenvalue weighted by molar-refractivity contribution is 0.0958. The van der Waals surface area contributed by atoms with Crippen LogP contribution in [0.3, 0.4) is 0 Å². The van der Waals surface area contributed by atoms with E-state index >= 15 is 0 Å². The van der Waals surface area contributed by atoms with Crippen LogP contribution in [-0.4, -0.2) is 27.1 Å². The Balaban J connectivity index is 2.06. The lowest BCUT2D eigenvalue weighted by Gasteiger charge is -2.06. The summed E-state index contributed by atoms with van der Waals surface area (Å²) in [5, 5.41) is 2.71. The number of carbonyl (C=O) groups excluding carboxylic acids is 1. The van der Waals surface area contributed by atoms with Gasteiger partial charge in [0.2, 0.25) is 0 Å². The highest BCUT2D eigenvalue weighted by Gasteiger charge is 2.15. The second kappa shape index (κ2) is 7.32. The number of amides is 1. The van der Waals surface area contributed by atoms with E-state index in [9.17, 15) is 13.2 Å². The number of carbonyl (C=O) groups is 1. The van der Waals surface area contributed by atoms with Crippen LogP contribution in [0.25, 0.3) is 0 Å². The third-order valence-electron chi connectivity index (χ3n) is 2.94. The summed E-state index contributed by atoms with van der Waals surface area (Å²) in [6.45, 7) is 0.157. The zero-order valence-electron chi connectivity index (χ0n) is 12.3. The molecule has 0 bridgehead atoms. The summed E-state index contributed by atoms with van der Waals surface area (Å²) in [6, 6.07) is 13.5. The number of hydrogen-bond acceptors (Lipinski definition) is 3. The van der Waals surface area contributed by atoms with Gasteiger partial charge in [0, 0.05) is 17.4 Å². The highest BCUT2D eigenvalue weighted by Crippen LogP contribution is 2.22. The van der Waals surface area contributed by atoms with Gasteiger partial charge in [0.05, 0.1) is 16.5 Å². The maximum Gasteiger partial charge on any atom is 0.252 e. The molecular formula is C17H14ClNO3S. The fraction of sp³-hybridized carbons (Fsp3) is 0.118. The Kier molecular flexibility index (Phi) is 5.43. The molecule has 118 valence electrons. The van der Waals surface area contributed by atoms with Crippen molar-refractivity contribution in [3.8, 4) is 11.8 Å². The predicted octanol–water partition coefficient (Wildman–Crippen LogP) is 2.53. The second-order valence-corrected chi connectivity index (χ2v) is 7.16. The Bertz CT molecular complexity index is 881. The fourth-order valence-electron chi connectivity index (χ4n) is 1.82. The lowest BCUT2D eigenvalue weighted by Crippen LogP contribution is -2.23. The number of hydrogen-bond donors (Lipinski definition) is 1. The standard InChI is InChI=1S/C17H14ClNO3S/c1-23(21,22)16-12-14(9-10-15(16)18)17(20)19-11-5-8-13-6-3-2-4-7-13/h2-4,6-7,9-10,12H,11H2,1H3,(H,19,20). The van der Waals surface area contributed by atoms with Gasteiger partial charge in [-0.3, -0.25) is 4.79 Å². The van der Waals surface area contributed by atoms with Gasteiger partial charge in [0.15, 0.2) is 9.84 Å². The fourth-order valence-corrected chi connectivity index (χ4v) is 3.12. The van der Waals surface area contributed by atoms with Gasteiger partial charge in [0.25, 0.3) is 5.91 Å². The summed E-state index contributed by atoms with van der Waals surface area (Å²) in [5.74, 6) is 5.34. The topological polar surface area (TPSA) is 63.2 Å². The van der Waals surface area contributed by atoms with Crippen LogP contribution >= 0.6 is 11.6 Å².